The van der Waals surface area contributed by atoms with Crippen molar-refractivity contribution in [3.8, 4) is 5.75 Å². The summed E-state index contributed by atoms with van der Waals surface area (Å²) in [5.74, 6) is 1.67. The second-order valence-corrected chi connectivity index (χ2v) is 6.08. The lowest BCUT2D eigenvalue weighted by atomic mass is 9.96. The Labute approximate surface area is 128 Å². The summed E-state index contributed by atoms with van der Waals surface area (Å²) in [4.78, 5) is 2.36. The number of piperidine rings is 1. The van der Waals surface area contributed by atoms with E-state index in [2.05, 4.69) is 22.3 Å². The lowest BCUT2D eigenvalue weighted by Gasteiger charge is -2.32. The van der Waals surface area contributed by atoms with Crippen LogP contribution in [0.2, 0.25) is 0 Å². The van der Waals surface area contributed by atoms with Gasteiger partial charge in [0, 0.05) is 13.1 Å². The van der Waals surface area contributed by atoms with Crippen LogP contribution in [0.15, 0.2) is 24.3 Å². The molecular weight excluding hydrogens is 264 g/mol. The van der Waals surface area contributed by atoms with Gasteiger partial charge in [-0.2, -0.15) is 0 Å². The Balaban J connectivity index is 1.65. The zero-order valence-corrected chi connectivity index (χ0v) is 13.2. The van der Waals surface area contributed by atoms with E-state index in [1.54, 1.807) is 7.11 Å². The fraction of sp³-hybridized carbons (Fsp3) is 0.647. The highest BCUT2D eigenvalue weighted by Crippen LogP contribution is 2.17. The number of aliphatic hydroxyl groups is 1. The average Bonchev–Trinajstić information content (AvgIpc) is 2.49. The molecule has 0 bridgehead atoms. The first-order chi connectivity index (χ1) is 10.2. The molecule has 0 saturated carbocycles. The van der Waals surface area contributed by atoms with Crippen LogP contribution in [0.3, 0.4) is 0 Å². The van der Waals surface area contributed by atoms with Crippen LogP contribution in [0.1, 0.15) is 25.3 Å². The molecule has 1 saturated heterocycles. The Morgan fingerprint density at radius 1 is 1.38 bits per heavy atom. The Kier molecular flexibility index (Phi) is 6.49. The maximum atomic E-state index is 9.42. The fourth-order valence-corrected chi connectivity index (χ4v) is 2.95. The highest BCUT2D eigenvalue weighted by atomic mass is 16.5. The number of ether oxygens (including phenoxy) is 1. The Hall–Kier alpha value is -1.10. The first kappa shape index (κ1) is 16.3. The minimum absolute atomic E-state index is 0.215. The number of nitrogens with zero attached hydrogens (tertiary/aromatic N) is 1. The number of benzene rings is 1. The summed E-state index contributed by atoms with van der Waals surface area (Å²) in [6, 6.07) is 8.21. The maximum Gasteiger partial charge on any atom is 0.119 e. The van der Waals surface area contributed by atoms with Gasteiger partial charge in [-0.05, 0) is 63.0 Å². The van der Waals surface area contributed by atoms with Crippen LogP contribution in [0.5, 0.6) is 5.75 Å². The molecule has 0 aliphatic carbocycles. The normalized spacial score (nSPS) is 18.6. The first-order valence-electron chi connectivity index (χ1n) is 7.91. The summed E-state index contributed by atoms with van der Waals surface area (Å²) in [6.07, 6.45) is 2.23. The minimum Gasteiger partial charge on any atom is -0.497 e. The minimum atomic E-state index is -0.215. The number of nitrogens with one attached hydrogen (secondary N) is 1. The van der Waals surface area contributed by atoms with Crippen molar-refractivity contribution < 1.29 is 9.84 Å². The molecule has 21 heavy (non-hydrogen) atoms. The van der Waals surface area contributed by atoms with E-state index in [9.17, 15) is 5.11 Å². The summed E-state index contributed by atoms with van der Waals surface area (Å²) >= 11 is 0. The van der Waals surface area contributed by atoms with E-state index in [0.717, 1.165) is 44.4 Å². The van der Waals surface area contributed by atoms with Crippen LogP contribution < -0.4 is 10.1 Å². The number of hydrogen-bond acceptors (Lipinski definition) is 4. The van der Waals surface area contributed by atoms with Gasteiger partial charge >= 0.3 is 0 Å². The van der Waals surface area contributed by atoms with E-state index >= 15 is 0 Å². The van der Waals surface area contributed by atoms with Crippen molar-refractivity contribution >= 4 is 0 Å². The Bertz CT molecular complexity index is 415. The van der Waals surface area contributed by atoms with E-state index in [4.69, 9.17) is 4.74 Å². The first-order valence-corrected chi connectivity index (χ1v) is 7.91. The molecule has 1 heterocycles. The molecule has 4 nitrogen and oxygen atoms in total. The molecule has 0 radical (unpaired) electrons. The molecule has 1 fully saturated rings. The molecule has 0 amide bonds. The molecular formula is C17H28N2O2. The number of hydrogen-bond donors (Lipinski definition) is 2. The van der Waals surface area contributed by atoms with E-state index in [0.29, 0.717) is 0 Å². The number of β-amino-alcohol motifs (C(OH)–C–C–N with tert-alkyl or cyclic N) is 1. The molecule has 4 heteroatoms. The number of methoxy groups -OCH3 is 1. The lowest BCUT2D eigenvalue weighted by molar-refractivity contribution is 0.0998. The zero-order valence-electron chi connectivity index (χ0n) is 13.2. The highest BCUT2D eigenvalue weighted by Gasteiger charge is 2.19. The van der Waals surface area contributed by atoms with Gasteiger partial charge in [0.15, 0.2) is 0 Å². The zero-order chi connectivity index (χ0) is 15.1. The molecule has 2 rings (SSSR count). The van der Waals surface area contributed by atoms with Crippen LogP contribution >= 0.6 is 0 Å². The summed E-state index contributed by atoms with van der Waals surface area (Å²) < 4.78 is 5.24. The van der Waals surface area contributed by atoms with Crippen molar-refractivity contribution in [1.29, 1.82) is 0 Å². The maximum absolute atomic E-state index is 9.42. The van der Waals surface area contributed by atoms with Crippen molar-refractivity contribution in [1.82, 2.24) is 10.2 Å². The Morgan fingerprint density at radius 2 is 2.14 bits per heavy atom. The van der Waals surface area contributed by atoms with Gasteiger partial charge in [-0.15, -0.1) is 0 Å². The molecule has 1 atom stereocenters. The van der Waals surface area contributed by atoms with Gasteiger partial charge in [0.1, 0.15) is 5.75 Å². The molecule has 1 aliphatic heterocycles. The lowest BCUT2D eigenvalue weighted by Crippen LogP contribution is -2.40. The second kappa shape index (κ2) is 8.37. The summed E-state index contributed by atoms with van der Waals surface area (Å²) in [7, 11) is 1.70. The quantitative estimate of drug-likeness (QED) is 0.805. The van der Waals surface area contributed by atoms with Crippen molar-refractivity contribution in [2.24, 2.45) is 5.92 Å². The van der Waals surface area contributed by atoms with E-state index in [-0.39, 0.29) is 6.10 Å². The van der Waals surface area contributed by atoms with Gasteiger partial charge in [-0.3, -0.25) is 0 Å². The van der Waals surface area contributed by atoms with Gasteiger partial charge in [0.2, 0.25) is 0 Å². The van der Waals surface area contributed by atoms with Crippen molar-refractivity contribution in [2.75, 3.05) is 33.3 Å². The predicted octanol–water partition coefficient (Wildman–Crippen LogP) is 1.88. The van der Waals surface area contributed by atoms with Crippen LogP contribution in [-0.2, 0) is 6.54 Å². The van der Waals surface area contributed by atoms with E-state index in [1.807, 2.05) is 19.1 Å². The monoisotopic (exact) mass is 292 g/mol. The number of aliphatic hydroxyl groups excluding tert-OH is 1. The molecule has 0 spiro atoms. The molecule has 0 aromatic heterocycles. The molecule has 2 N–H and O–H groups in total. The molecule has 0 unspecified atom stereocenters. The number of likely N-dealkylation sites (tertiary alicyclic amines) is 1. The van der Waals surface area contributed by atoms with Gasteiger partial charge in [-0.1, -0.05) is 12.1 Å². The van der Waals surface area contributed by atoms with Crippen molar-refractivity contribution in [2.45, 2.75) is 32.4 Å². The van der Waals surface area contributed by atoms with E-state index in [1.165, 1.54) is 18.4 Å². The van der Waals surface area contributed by atoms with Gasteiger partial charge < -0.3 is 20.1 Å². The van der Waals surface area contributed by atoms with Crippen LogP contribution in [0.25, 0.3) is 0 Å². The molecule has 1 aromatic carbocycles. The third kappa shape index (κ3) is 5.65. The summed E-state index contributed by atoms with van der Waals surface area (Å²) in [5, 5.41) is 13.0. The van der Waals surface area contributed by atoms with Crippen LogP contribution in [0, 0.1) is 5.92 Å². The molecule has 1 aliphatic rings. The van der Waals surface area contributed by atoms with Gasteiger partial charge in [-0.25, -0.2) is 0 Å². The van der Waals surface area contributed by atoms with E-state index < -0.39 is 0 Å². The molecule has 1 aromatic rings. The summed E-state index contributed by atoms with van der Waals surface area (Å²) in [6.45, 7) is 6.85. The fourth-order valence-electron chi connectivity index (χ4n) is 2.95. The second-order valence-electron chi connectivity index (χ2n) is 6.08. The Morgan fingerprint density at radius 3 is 2.81 bits per heavy atom. The van der Waals surface area contributed by atoms with Crippen molar-refractivity contribution in [3.63, 3.8) is 0 Å². The highest BCUT2D eigenvalue weighted by molar-refractivity contribution is 5.28. The summed E-state index contributed by atoms with van der Waals surface area (Å²) in [5.41, 5.74) is 1.26. The predicted molar refractivity (Wildman–Crippen MR) is 85.5 cm³/mol. The third-order valence-corrected chi connectivity index (χ3v) is 4.13. The smallest absolute Gasteiger partial charge is 0.119 e. The largest absolute Gasteiger partial charge is 0.497 e. The van der Waals surface area contributed by atoms with Crippen LogP contribution in [-0.4, -0.2) is 49.4 Å². The molecule has 118 valence electrons. The number of rotatable bonds is 7. The van der Waals surface area contributed by atoms with Gasteiger partial charge in [0.25, 0.3) is 0 Å². The third-order valence-electron chi connectivity index (χ3n) is 4.13. The van der Waals surface area contributed by atoms with Gasteiger partial charge in [0.05, 0.1) is 13.2 Å². The SMILES string of the molecule is COc1cccc(CNCC2CCN(C[C@H](C)O)CC2)c1. The standard InChI is InChI=1S/C17H28N2O2/c1-14(20)13-19-8-6-15(7-9-19)11-18-12-16-4-3-5-17(10-16)21-2/h3-5,10,14-15,18,20H,6-9,11-13H2,1-2H3/t14-/m0/s1. The van der Waals surface area contributed by atoms with Crippen LogP contribution in [0.4, 0.5) is 0 Å². The average molecular weight is 292 g/mol. The topological polar surface area (TPSA) is 44.7 Å². The van der Waals surface area contributed by atoms with Crippen molar-refractivity contribution in [3.05, 3.63) is 29.8 Å².